The van der Waals surface area contributed by atoms with E-state index in [4.69, 9.17) is 9.47 Å². The van der Waals surface area contributed by atoms with Crippen LogP contribution in [0.3, 0.4) is 0 Å². The molecular weight excluding hydrogens is 384 g/mol. The standard InChI is InChI=1S/C19H18N2O4S2/c22-27(23,16-7-8-17-18(13-16)25-11-4-10-24-17)21(19-20-9-12-26-19)14-15-5-2-1-3-6-15/h1-3,5-9,12-13H,4,10-11,14H2. The predicted molar refractivity (Wildman–Crippen MR) is 104 cm³/mol. The van der Waals surface area contributed by atoms with Crippen molar-refractivity contribution < 1.29 is 17.9 Å². The van der Waals surface area contributed by atoms with Gasteiger partial charge in [-0.15, -0.1) is 11.3 Å². The van der Waals surface area contributed by atoms with E-state index >= 15 is 0 Å². The van der Waals surface area contributed by atoms with Gasteiger partial charge in [-0.05, 0) is 17.7 Å². The van der Waals surface area contributed by atoms with Gasteiger partial charge in [-0.3, -0.25) is 0 Å². The van der Waals surface area contributed by atoms with E-state index < -0.39 is 10.0 Å². The van der Waals surface area contributed by atoms with E-state index in [2.05, 4.69) is 4.98 Å². The lowest BCUT2D eigenvalue weighted by molar-refractivity contribution is 0.297. The normalized spacial score (nSPS) is 13.8. The maximum absolute atomic E-state index is 13.4. The number of sulfonamides is 1. The van der Waals surface area contributed by atoms with E-state index in [-0.39, 0.29) is 11.4 Å². The van der Waals surface area contributed by atoms with Crippen molar-refractivity contribution in [3.8, 4) is 11.5 Å². The zero-order chi connectivity index (χ0) is 18.7. The molecule has 1 aromatic heterocycles. The molecule has 4 rings (SSSR count). The van der Waals surface area contributed by atoms with Crippen molar-refractivity contribution in [2.75, 3.05) is 17.5 Å². The molecule has 0 fully saturated rings. The number of nitrogens with zero attached hydrogens (tertiary/aromatic N) is 2. The van der Waals surface area contributed by atoms with Crippen molar-refractivity contribution in [2.24, 2.45) is 0 Å². The maximum atomic E-state index is 13.4. The van der Waals surface area contributed by atoms with Crippen LogP contribution in [-0.4, -0.2) is 26.6 Å². The second-order valence-corrected chi connectivity index (χ2v) is 8.71. The summed E-state index contributed by atoms with van der Waals surface area (Å²) in [6.07, 6.45) is 2.36. The molecule has 0 N–H and O–H groups in total. The third-order valence-electron chi connectivity index (χ3n) is 4.11. The number of ether oxygens (including phenoxy) is 2. The van der Waals surface area contributed by atoms with Crippen LogP contribution in [0.25, 0.3) is 0 Å². The van der Waals surface area contributed by atoms with Gasteiger partial charge in [0.05, 0.1) is 24.7 Å². The SMILES string of the molecule is O=S(=O)(c1ccc2c(c1)OCCCO2)N(Cc1ccccc1)c1nccs1. The van der Waals surface area contributed by atoms with Gasteiger partial charge in [0.15, 0.2) is 16.6 Å². The van der Waals surface area contributed by atoms with Crippen LogP contribution in [0.1, 0.15) is 12.0 Å². The lowest BCUT2D eigenvalue weighted by Gasteiger charge is -2.22. The van der Waals surface area contributed by atoms with Gasteiger partial charge in [0.1, 0.15) is 0 Å². The van der Waals surface area contributed by atoms with E-state index in [0.29, 0.717) is 29.8 Å². The van der Waals surface area contributed by atoms with Gasteiger partial charge in [-0.25, -0.2) is 17.7 Å². The average Bonchev–Trinajstić information content (AvgIpc) is 3.11. The zero-order valence-electron chi connectivity index (χ0n) is 14.4. The number of thiazole rings is 1. The van der Waals surface area contributed by atoms with Gasteiger partial charge in [0, 0.05) is 24.1 Å². The van der Waals surface area contributed by atoms with Crippen LogP contribution in [0.2, 0.25) is 0 Å². The largest absolute Gasteiger partial charge is 0.490 e. The summed E-state index contributed by atoms with van der Waals surface area (Å²) in [4.78, 5) is 4.37. The maximum Gasteiger partial charge on any atom is 0.266 e. The lowest BCUT2D eigenvalue weighted by atomic mass is 10.2. The van der Waals surface area contributed by atoms with E-state index in [1.54, 1.807) is 23.7 Å². The first kappa shape index (κ1) is 17.8. The van der Waals surface area contributed by atoms with Crippen molar-refractivity contribution in [3.05, 3.63) is 65.7 Å². The minimum atomic E-state index is -3.82. The highest BCUT2D eigenvalue weighted by Crippen LogP contribution is 2.34. The van der Waals surface area contributed by atoms with E-state index in [1.807, 2.05) is 30.3 Å². The van der Waals surface area contributed by atoms with Crippen LogP contribution >= 0.6 is 11.3 Å². The molecule has 1 aliphatic heterocycles. The molecule has 0 spiro atoms. The number of anilines is 1. The highest BCUT2D eigenvalue weighted by Gasteiger charge is 2.28. The van der Waals surface area contributed by atoms with Crippen molar-refractivity contribution in [1.29, 1.82) is 0 Å². The molecule has 2 heterocycles. The molecule has 0 atom stereocenters. The molecule has 1 aliphatic rings. The molecule has 0 bridgehead atoms. The lowest BCUT2D eigenvalue weighted by Crippen LogP contribution is -2.30. The molecule has 0 amide bonds. The monoisotopic (exact) mass is 402 g/mol. The first-order valence-electron chi connectivity index (χ1n) is 8.50. The molecule has 27 heavy (non-hydrogen) atoms. The quantitative estimate of drug-likeness (QED) is 0.651. The summed E-state index contributed by atoms with van der Waals surface area (Å²) >= 11 is 1.28. The fourth-order valence-corrected chi connectivity index (χ4v) is 5.07. The van der Waals surface area contributed by atoms with Crippen LogP contribution in [0.4, 0.5) is 5.13 Å². The van der Waals surface area contributed by atoms with E-state index in [1.165, 1.54) is 21.7 Å². The molecule has 6 nitrogen and oxygen atoms in total. The van der Waals surface area contributed by atoms with Crippen molar-refractivity contribution >= 4 is 26.5 Å². The summed E-state index contributed by atoms with van der Waals surface area (Å²) in [7, 11) is -3.82. The highest BCUT2D eigenvalue weighted by molar-refractivity contribution is 7.93. The molecule has 3 aromatic rings. The Kier molecular flexibility index (Phi) is 5.00. The van der Waals surface area contributed by atoms with Gasteiger partial charge >= 0.3 is 0 Å². The number of benzene rings is 2. The molecular formula is C19H18N2O4S2. The first-order valence-corrected chi connectivity index (χ1v) is 10.8. The Bertz CT molecular complexity index is 1010. The predicted octanol–water partition coefficient (Wildman–Crippen LogP) is 3.70. The Hall–Kier alpha value is -2.58. The fraction of sp³-hybridized carbons (Fsp3) is 0.211. The number of aromatic nitrogens is 1. The van der Waals surface area contributed by atoms with Crippen LogP contribution in [0.15, 0.2) is 65.0 Å². The Morgan fingerprint density at radius 2 is 1.81 bits per heavy atom. The Labute approximate surface area is 162 Å². The molecule has 0 unspecified atom stereocenters. The van der Waals surface area contributed by atoms with Crippen LogP contribution in [0.5, 0.6) is 11.5 Å². The summed E-state index contributed by atoms with van der Waals surface area (Å²) in [6.45, 7) is 1.25. The van der Waals surface area contributed by atoms with Crippen molar-refractivity contribution in [3.63, 3.8) is 0 Å². The topological polar surface area (TPSA) is 68.7 Å². The molecule has 140 valence electrons. The minimum Gasteiger partial charge on any atom is -0.490 e. The highest BCUT2D eigenvalue weighted by atomic mass is 32.2. The minimum absolute atomic E-state index is 0.151. The third-order valence-corrected chi connectivity index (χ3v) is 6.75. The first-order chi connectivity index (χ1) is 13.1. The van der Waals surface area contributed by atoms with Crippen LogP contribution < -0.4 is 13.8 Å². The van der Waals surface area contributed by atoms with E-state index in [9.17, 15) is 8.42 Å². The molecule has 0 aliphatic carbocycles. The molecule has 0 radical (unpaired) electrons. The Morgan fingerprint density at radius 1 is 1.04 bits per heavy atom. The van der Waals surface area contributed by atoms with Gasteiger partial charge < -0.3 is 9.47 Å². The van der Waals surface area contributed by atoms with Gasteiger partial charge in [0.2, 0.25) is 0 Å². The number of rotatable bonds is 5. The molecule has 2 aromatic carbocycles. The summed E-state index contributed by atoms with van der Waals surface area (Å²) in [5, 5.41) is 2.18. The van der Waals surface area contributed by atoms with Gasteiger partial charge in [-0.1, -0.05) is 30.3 Å². The third kappa shape index (κ3) is 3.77. The average molecular weight is 402 g/mol. The Balaban J connectivity index is 1.73. The number of fused-ring (bicyclic) bond motifs is 1. The number of hydrogen-bond acceptors (Lipinski definition) is 6. The summed E-state index contributed by atoms with van der Waals surface area (Å²) < 4.78 is 39.4. The fourth-order valence-electron chi connectivity index (χ4n) is 2.78. The summed E-state index contributed by atoms with van der Waals surface area (Å²) in [6, 6.07) is 14.2. The van der Waals surface area contributed by atoms with Gasteiger partial charge in [-0.2, -0.15) is 0 Å². The summed E-state index contributed by atoms with van der Waals surface area (Å²) in [5.41, 5.74) is 0.880. The molecule has 8 heteroatoms. The molecule has 0 saturated carbocycles. The van der Waals surface area contributed by atoms with Gasteiger partial charge in [0.25, 0.3) is 10.0 Å². The number of hydrogen-bond donors (Lipinski definition) is 0. The van der Waals surface area contributed by atoms with Crippen molar-refractivity contribution in [2.45, 2.75) is 17.9 Å². The molecule has 0 saturated heterocycles. The van der Waals surface area contributed by atoms with Crippen LogP contribution in [-0.2, 0) is 16.6 Å². The summed E-state index contributed by atoms with van der Waals surface area (Å²) in [5.74, 6) is 1.02. The zero-order valence-corrected chi connectivity index (χ0v) is 16.1. The van der Waals surface area contributed by atoms with Crippen LogP contribution in [0, 0.1) is 0 Å². The van der Waals surface area contributed by atoms with E-state index in [0.717, 1.165) is 12.0 Å². The Morgan fingerprint density at radius 3 is 2.56 bits per heavy atom. The second-order valence-electron chi connectivity index (χ2n) is 5.97. The smallest absolute Gasteiger partial charge is 0.266 e. The van der Waals surface area contributed by atoms with Crippen molar-refractivity contribution in [1.82, 2.24) is 4.98 Å². The second kappa shape index (κ2) is 7.58.